The first-order valence-corrected chi connectivity index (χ1v) is 10.6. The van der Waals surface area contributed by atoms with Crippen LogP contribution in [0.1, 0.15) is 48.8 Å². The molecule has 0 amide bonds. The van der Waals surface area contributed by atoms with E-state index in [0.29, 0.717) is 11.4 Å². The van der Waals surface area contributed by atoms with Gasteiger partial charge in [0.25, 0.3) is 0 Å². The normalized spacial score (nSPS) is 16.9. The quantitative estimate of drug-likeness (QED) is 0.797. The molecule has 1 aromatic rings. The molecule has 5 heteroatoms. The second-order valence-corrected chi connectivity index (χ2v) is 9.37. The Morgan fingerprint density at radius 1 is 1.09 bits per heavy atom. The highest BCUT2D eigenvalue weighted by molar-refractivity contribution is 8.00. The van der Waals surface area contributed by atoms with Crippen LogP contribution in [0.3, 0.4) is 0 Å². The highest BCUT2D eigenvalue weighted by Gasteiger charge is 2.20. The molecule has 0 radical (unpaired) electrons. The lowest BCUT2D eigenvalue weighted by molar-refractivity contribution is 0.516. The summed E-state index contributed by atoms with van der Waals surface area (Å²) in [4.78, 5) is 0.445. The predicted molar refractivity (Wildman–Crippen MR) is 95.2 cm³/mol. The van der Waals surface area contributed by atoms with E-state index in [0.717, 1.165) is 27.7 Å². The number of nitrogens with one attached hydrogen (secondary N) is 1. The maximum Gasteiger partial charge on any atom is 0.241 e. The SMILES string of the molecule is Cc1cc(C)c(S(=O)(=O)NCCSC2CCCCC2)c(C)c1. The van der Waals surface area contributed by atoms with E-state index in [1.165, 1.54) is 32.1 Å². The molecule has 0 unspecified atom stereocenters. The van der Waals surface area contributed by atoms with E-state index < -0.39 is 10.0 Å². The van der Waals surface area contributed by atoms with Crippen LogP contribution >= 0.6 is 11.8 Å². The van der Waals surface area contributed by atoms with E-state index in [-0.39, 0.29) is 0 Å². The molecule has 0 bridgehead atoms. The van der Waals surface area contributed by atoms with Gasteiger partial charge in [0.2, 0.25) is 10.0 Å². The number of thioether (sulfide) groups is 1. The standard InChI is InChI=1S/C17H27NO2S2/c1-13-11-14(2)17(15(3)12-13)22(19,20)18-9-10-21-16-7-5-4-6-8-16/h11-12,16,18H,4-10H2,1-3H3. The van der Waals surface area contributed by atoms with E-state index in [4.69, 9.17) is 0 Å². The second kappa shape index (κ2) is 7.84. The van der Waals surface area contributed by atoms with E-state index in [2.05, 4.69) is 4.72 Å². The smallest absolute Gasteiger partial charge is 0.210 e. The molecule has 1 aromatic carbocycles. The number of rotatable bonds is 6. The molecular formula is C17H27NO2S2. The summed E-state index contributed by atoms with van der Waals surface area (Å²) in [6, 6.07) is 3.86. The lowest BCUT2D eigenvalue weighted by Crippen LogP contribution is -2.28. The topological polar surface area (TPSA) is 46.2 Å². The van der Waals surface area contributed by atoms with Crippen molar-refractivity contribution in [3.63, 3.8) is 0 Å². The molecule has 1 fully saturated rings. The van der Waals surface area contributed by atoms with Crippen LogP contribution in [0.15, 0.2) is 17.0 Å². The first kappa shape index (κ1) is 17.8. The Morgan fingerprint density at radius 2 is 1.68 bits per heavy atom. The first-order chi connectivity index (χ1) is 10.4. The van der Waals surface area contributed by atoms with Crippen LogP contribution in [0.2, 0.25) is 0 Å². The summed E-state index contributed by atoms with van der Waals surface area (Å²) in [5.74, 6) is 0.855. The molecule has 0 heterocycles. The number of aryl methyl sites for hydroxylation is 3. The average molecular weight is 342 g/mol. The summed E-state index contributed by atoms with van der Waals surface area (Å²) in [7, 11) is -3.40. The molecule has 1 saturated carbocycles. The molecular weight excluding hydrogens is 314 g/mol. The maximum atomic E-state index is 12.5. The van der Waals surface area contributed by atoms with Crippen molar-refractivity contribution in [2.75, 3.05) is 12.3 Å². The second-order valence-electron chi connectivity index (χ2n) is 6.26. The van der Waals surface area contributed by atoms with Crippen LogP contribution in [0, 0.1) is 20.8 Å². The van der Waals surface area contributed by atoms with Crippen LogP contribution in [0.5, 0.6) is 0 Å². The fraction of sp³-hybridized carbons (Fsp3) is 0.647. The molecule has 1 N–H and O–H groups in total. The Balaban J connectivity index is 1.91. The van der Waals surface area contributed by atoms with Crippen molar-refractivity contribution in [1.29, 1.82) is 0 Å². The third-order valence-electron chi connectivity index (χ3n) is 4.17. The van der Waals surface area contributed by atoms with Gasteiger partial charge in [0, 0.05) is 17.5 Å². The van der Waals surface area contributed by atoms with Gasteiger partial charge in [-0.3, -0.25) is 0 Å². The molecule has 3 nitrogen and oxygen atoms in total. The molecule has 2 rings (SSSR count). The zero-order chi connectivity index (χ0) is 16.2. The minimum Gasteiger partial charge on any atom is -0.210 e. The largest absolute Gasteiger partial charge is 0.241 e. The highest BCUT2D eigenvalue weighted by Crippen LogP contribution is 2.28. The highest BCUT2D eigenvalue weighted by atomic mass is 32.2. The number of sulfonamides is 1. The minimum absolute atomic E-state index is 0.445. The Kier molecular flexibility index (Phi) is 6.36. The maximum absolute atomic E-state index is 12.5. The van der Waals surface area contributed by atoms with Gasteiger partial charge in [0.05, 0.1) is 4.90 Å². The lowest BCUT2D eigenvalue weighted by atomic mass is 10.0. The molecule has 22 heavy (non-hydrogen) atoms. The Labute approximate surface area is 139 Å². The fourth-order valence-corrected chi connectivity index (χ4v) is 6.13. The van der Waals surface area contributed by atoms with Crippen molar-refractivity contribution in [2.45, 2.75) is 63.0 Å². The summed E-state index contributed by atoms with van der Waals surface area (Å²) < 4.78 is 27.8. The zero-order valence-electron chi connectivity index (χ0n) is 13.8. The molecule has 0 atom stereocenters. The van der Waals surface area contributed by atoms with Crippen molar-refractivity contribution in [3.05, 3.63) is 28.8 Å². The summed E-state index contributed by atoms with van der Waals surface area (Å²) in [5.41, 5.74) is 2.75. The Morgan fingerprint density at radius 3 is 2.27 bits per heavy atom. The van der Waals surface area contributed by atoms with Gasteiger partial charge in [-0.1, -0.05) is 37.0 Å². The predicted octanol–water partition coefficient (Wildman–Crippen LogP) is 3.96. The zero-order valence-corrected chi connectivity index (χ0v) is 15.4. The molecule has 1 aliphatic rings. The van der Waals surface area contributed by atoms with E-state index >= 15 is 0 Å². The van der Waals surface area contributed by atoms with Gasteiger partial charge in [-0.2, -0.15) is 11.8 Å². The van der Waals surface area contributed by atoms with Crippen LogP contribution in [0.25, 0.3) is 0 Å². The third kappa shape index (κ3) is 4.74. The molecule has 0 aliphatic heterocycles. The molecule has 0 spiro atoms. The third-order valence-corrected chi connectivity index (χ3v) is 7.32. The molecule has 0 saturated heterocycles. The Hall–Kier alpha value is -0.520. The number of hydrogen-bond donors (Lipinski definition) is 1. The van der Waals surface area contributed by atoms with Crippen molar-refractivity contribution < 1.29 is 8.42 Å². The molecule has 124 valence electrons. The minimum atomic E-state index is -3.40. The lowest BCUT2D eigenvalue weighted by Gasteiger charge is -2.21. The number of hydrogen-bond acceptors (Lipinski definition) is 3. The monoisotopic (exact) mass is 341 g/mol. The van der Waals surface area contributed by atoms with Crippen LogP contribution in [-0.4, -0.2) is 26.0 Å². The van der Waals surface area contributed by atoms with Crippen LogP contribution < -0.4 is 4.72 Å². The van der Waals surface area contributed by atoms with Gasteiger partial charge in [-0.05, 0) is 44.7 Å². The molecule has 1 aliphatic carbocycles. The molecule has 0 aromatic heterocycles. The van der Waals surface area contributed by atoms with Crippen molar-refractivity contribution >= 4 is 21.8 Å². The van der Waals surface area contributed by atoms with E-state index in [1.54, 1.807) is 0 Å². The number of benzene rings is 1. The fourth-order valence-electron chi connectivity index (χ4n) is 3.30. The summed E-state index contributed by atoms with van der Waals surface area (Å²) in [5, 5.41) is 0.723. The van der Waals surface area contributed by atoms with Crippen molar-refractivity contribution in [2.24, 2.45) is 0 Å². The van der Waals surface area contributed by atoms with E-state index in [9.17, 15) is 8.42 Å². The van der Waals surface area contributed by atoms with Crippen molar-refractivity contribution in [1.82, 2.24) is 4.72 Å². The summed E-state index contributed by atoms with van der Waals surface area (Å²) in [6.07, 6.45) is 6.58. The van der Waals surface area contributed by atoms with Crippen LogP contribution in [0.4, 0.5) is 0 Å². The van der Waals surface area contributed by atoms with Crippen LogP contribution in [-0.2, 0) is 10.0 Å². The first-order valence-electron chi connectivity index (χ1n) is 8.09. The average Bonchev–Trinajstić information content (AvgIpc) is 2.43. The van der Waals surface area contributed by atoms with Gasteiger partial charge < -0.3 is 0 Å². The van der Waals surface area contributed by atoms with Gasteiger partial charge in [0.1, 0.15) is 0 Å². The Bertz CT molecular complexity index is 582. The van der Waals surface area contributed by atoms with Gasteiger partial charge in [-0.15, -0.1) is 0 Å². The summed E-state index contributed by atoms with van der Waals surface area (Å²) in [6.45, 7) is 6.23. The van der Waals surface area contributed by atoms with Gasteiger partial charge >= 0.3 is 0 Å². The summed E-state index contributed by atoms with van der Waals surface area (Å²) >= 11 is 1.92. The van der Waals surface area contributed by atoms with Gasteiger partial charge in [0.15, 0.2) is 0 Å². The van der Waals surface area contributed by atoms with Gasteiger partial charge in [-0.25, -0.2) is 13.1 Å². The van der Waals surface area contributed by atoms with Crippen molar-refractivity contribution in [3.8, 4) is 0 Å². The van der Waals surface area contributed by atoms with E-state index in [1.807, 2.05) is 44.7 Å².